The first-order valence-electron chi connectivity index (χ1n) is 14.3. The molecule has 1 saturated carbocycles. The number of imide groups is 1. The minimum Gasteiger partial charge on any atom is -1.00 e. The molecule has 4 N–H and O–H groups in total. The van der Waals surface area contributed by atoms with Gasteiger partial charge in [0.05, 0.1) is 19.2 Å². The molecule has 6 amide bonds. The van der Waals surface area contributed by atoms with E-state index in [0.29, 0.717) is 29.1 Å². The summed E-state index contributed by atoms with van der Waals surface area (Å²) < 4.78 is 5.51. The van der Waals surface area contributed by atoms with Gasteiger partial charge in [-0.25, -0.2) is 14.5 Å². The number of aliphatic carboxylic acids is 1. The Labute approximate surface area is 280 Å². The van der Waals surface area contributed by atoms with Gasteiger partial charge in [0, 0.05) is 18.3 Å². The van der Waals surface area contributed by atoms with Crippen LogP contribution in [0.4, 0.5) is 21.0 Å². The van der Waals surface area contributed by atoms with E-state index in [9.17, 15) is 24.0 Å². The Balaban J connectivity index is 0.00000353. The smallest absolute Gasteiger partial charge is 1.00 e. The van der Waals surface area contributed by atoms with Crippen LogP contribution in [0.3, 0.4) is 0 Å². The molecule has 2 aromatic rings. The number of aryl methyl sites for hydroxylation is 1. The number of ether oxygens (including phenoxy) is 1. The van der Waals surface area contributed by atoms with E-state index in [1.807, 2.05) is 25.1 Å². The van der Waals surface area contributed by atoms with Gasteiger partial charge in [0.2, 0.25) is 5.91 Å². The van der Waals surface area contributed by atoms with Crippen molar-refractivity contribution in [2.45, 2.75) is 77.5 Å². The van der Waals surface area contributed by atoms with Crippen molar-refractivity contribution in [1.82, 2.24) is 15.1 Å². The molecule has 44 heavy (non-hydrogen) atoms. The summed E-state index contributed by atoms with van der Waals surface area (Å²) in [4.78, 5) is 66.9. The molecule has 2 atom stereocenters. The number of carbonyl (C=O) groups excluding carboxylic acids is 4. The maximum Gasteiger partial charge on any atom is 1.00 e. The van der Waals surface area contributed by atoms with Crippen molar-refractivity contribution in [1.29, 1.82) is 0 Å². The van der Waals surface area contributed by atoms with Crippen LogP contribution >= 0.6 is 0 Å². The van der Waals surface area contributed by atoms with E-state index < -0.39 is 47.5 Å². The van der Waals surface area contributed by atoms with Crippen LogP contribution in [-0.2, 0) is 20.9 Å². The Kier molecular flexibility index (Phi) is 11.5. The van der Waals surface area contributed by atoms with E-state index in [0.717, 1.165) is 23.3 Å². The summed E-state index contributed by atoms with van der Waals surface area (Å²) in [5.74, 6) is -1.52. The van der Waals surface area contributed by atoms with Crippen molar-refractivity contribution in [3.63, 3.8) is 0 Å². The summed E-state index contributed by atoms with van der Waals surface area (Å²) in [5, 5.41) is 17.3. The molecule has 1 saturated heterocycles. The Morgan fingerprint density at radius 1 is 1.09 bits per heavy atom. The monoisotopic (exact) mass is 617 g/mol. The van der Waals surface area contributed by atoms with Crippen molar-refractivity contribution in [3.8, 4) is 5.75 Å². The first kappa shape index (κ1) is 34.9. The molecule has 0 unspecified atom stereocenters. The Morgan fingerprint density at radius 2 is 1.75 bits per heavy atom. The van der Waals surface area contributed by atoms with Gasteiger partial charge < -0.3 is 32.1 Å². The minimum absolute atomic E-state index is 0. The third kappa shape index (κ3) is 8.10. The number of anilines is 2. The number of nitrogens with one attached hydrogen (secondary N) is 3. The summed E-state index contributed by atoms with van der Waals surface area (Å²) in [6, 6.07) is 9.70. The van der Waals surface area contributed by atoms with Crippen LogP contribution in [-0.4, -0.2) is 69.5 Å². The van der Waals surface area contributed by atoms with E-state index in [4.69, 9.17) is 9.84 Å². The average molecular weight is 618 g/mol. The molecule has 2 aliphatic rings. The topological polar surface area (TPSA) is 157 Å². The molecule has 13 heteroatoms. The molecule has 1 heterocycles. The quantitative estimate of drug-likeness (QED) is 0.207. The zero-order valence-corrected chi connectivity index (χ0v) is 28.1. The van der Waals surface area contributed by atoms with Crippen molar-refractivity contribution >= 4 is 41.2 Å². The predicted octanol–water partition coefficient (Wildman–Crippen LogP) is 1.46. The maximum atomic E-state index is 13.8. The Hall–Kier alpha value is -3.61. The third-order valence-electron chi connectivity index (χ3n) is 7.84. The molecule has 0 aromatic heterocycles. The van der Waals surface area contributed by atoms with Crippen LogP contribution in [0.5, 0.6) is 5.75 Å². The first-order valence-corrected chi connectivity index (χ1v) is 14.3. The fourth-order valence-electron chi connectivity index (χ4n) is 5.17. The number of rotatable bonds is 12. The van der Waals surface area contributed by atoms with Gasteiger partial charge in [0.15, 0.2) is 0 Å². The number of carboxylic acids is 1. The molecule has 0 spiro atoms. The predicted molar refractivity (Wildman–Crippen MR) is 161 cm³/mol. The second-order valence-corrected chi connectivity index (χ2v) is 11.7. The SMILES string of the molecule is COc1cc(CN2C(=O)N([C@@H](CC3CC3)C(=O)N[C@H](C)CC(=O)O)C(=O)C2(C)C)ccc1NC(=O)Nc1ccccc1C.[H-].[Na+]. The number of urea groups is 2. The molecular formula is C31H40N5NaO7. The zero-order chi connectivity index (χ0) is 31.5. The van der Waals surface area contributed by atoms with Gasteiger partial charge in [-0.2, -0.15) is 0 Å². The van der Waals surface area contributed by atoms with Gasteiger partial charge >= 0.3 is 47.6 Å². The molecule has 0 bridgehead atoms. The summed E-state index contributed by atoms with van der Waals surface area (Å²) in [7, 11) is 1.46. The van der Waals surface area contributed by atoms with Crippen molar-refractivity contribution in [3.05, 3.63) is 53.6 Å². The van der Waals surface area contributed by atoms with E-state index in [1.165, 1.54) is 12.0 Å². The van der Waals surface area contributed by atoms with Crippen LogP contribution in [0, 0.1) is 12.8 Å². The van der Waals surface area contributed by atoms with E-state index >= 15 is 0 Å². The van der Waals surface area contributed by atoms with Crippen molar-refractivity contribution in [2.24, 2.45) is 5.92 Å². The summed E-state index contributed by atoms with van der Waals surface area (Å²) in [6.45, 7) is 6.78. The van der Waals surface area contributed by atoms with Crippen LogP contribution < -0.4 is 50.2 Å². The number of para-hydroxylation sites is 1. The van der Waals surface area contributed by atoms with Gasteiger partial charge in [-0.1, -0.05) is 37.1 Å². The number of hydrogen-bond acceptors (Lipinski definition) is 6. The number of carboxylic acid groups (broad SMARTS) is 1. The molecule has 12 nitrogen and oxygen atoms in total. The molecule has 232 valence electrons. The zero-order valence-electron chi connectivity index (χ0n) is 27.1. The molecule has 2 aromatic carbocycles. The number of hydrogen-bond donors (Lipinski definition) is 4. The fourth-order valence-corrected chi connectivity index (χ4v) is 5.17. The van der Waals surface area contributed by atoms with E-state index in [-0.39, 0.29) is 49.9 Å². The standard InChI is InChI=1S/C31H39N5O7.Na.H/c1-18-8-6-7-9-22(18)33-29(41)34-23-13-12-21(16-25(23)43-5)17-35-30(42)36(28(40)31(35,3)4)24(15-20-10-11-20)27(39)32-19(2)14-26(37)38;;/h6-9,12-13,16,19-20,24H,10-11,14-15,17H2,1-5H3,(H,32,39)(H,37,38)(H2,33,34,41);;/q;+1;-1/t19-,24+;;/m1../s1. The minimum atomic E-state index is -1.25. The summed E-state index contributed by atoms with van der Waals surface area (Å²) in [5.41, 5.74) is 1.40. The normalized spacial score (nSPS) is 16.9. The van der Waals surface area contributed by atoms with Gasteiger partial charge in [0.1, 0.15) is 17.3 Å². The van der Waals surface area contributed by atoms with Gasteiger partial charge in [0.25, 0.3) is 5.91 Å². The largest absolute Gasteiger partial charge is 1.00 e. The number of amides is 6. The maximum absolute atomic E-state index is 13.8. The van der Waals surface area contributed by atoms with E-state index in [2.05, 4.69) is 16.0 Å². The van der Waals surface area contributed by atoms with Gasteiger partial charge in [-0.15, -0.1) is 0 Å². The van der Waals surface area contributed by atoms with Crippen LogP contribution in [0.2, 0.25) is 0 Å². The van der Waals surface area contributed by atoms with E-state index in [1.54, 1.807) is 45.0 Å². The number of benzene rings is 2. The molecular weight excluding hydrogens is 577 g/mol. The molecule has 1 aliphatic heterocycles. The van der Waals surface area contributed by atoms with Crippen molar-refractivity contribution < 1.29 is 64.8 Å². The number of nitrogens with zero attached hydrogens (tertiary/aromatic N) is 2. The number of carbonyl (C=O) groups is 5. The van der Waals surface area contributed by atoms with Crippen LogP contribution in [0.25, 0.3) is 0 Å². The average Bonchev–Trinajstić information content (AvgIpc) is 3.74. The number of methoxy groups -OCH3 is 1. The molecule has 2 fully saturated rings. The van der Waals surface area contributed by atoms with Gasteiger partial charge in [-0.05, 0) is 69.4 Å². The first-order chi connectivity index (χ1) is 20.3. The van der Waals surface area contributed by atoms with Crippen molar-refractivity contribution in [2.75, 3.05) is 17.7 Å². The van der Waals surface area contributed by atoms with Gasteiger partial charge in [-0.3, -0.25) is 14.4 Å². The Morgan fingerprint density at radius 3 is 2.36 bits per heavy atom. The Bertz CT molecular complexity index is 1430. The van der Waals surface area contributed by atoms with Crippen LogP contribution in [0.15, 0.2) is 42.5 Å². The second-order valence-electron chi connectivity index (χ2n) is 11.7. The summed E-state index contributed by atoms with van der Waals surface area (Å²) in [6.07, 6.45) is 1.86. The van der Waals surface area contributed by atoms with Crippen LogP contribution in [0.1, 0.15) is 59.0 Å². The fraction of sp³-hybridized carbons (Fsp3) is 0.452. The second kappa shape index (κ2) is 14.4. The molecule has 0 radical (unpaired) electrons. The summed E-state index contributed by atoms with van der Waals surface area (Å²) >= 11 is 0. The molecule has 4 rings (SSSR count). The molecule has 1 aliphatic carbocycles. The third-order valence-corrected chi connectivity index (χ3v) is 7.84.